The zero-order valence-corrected chi connectivity index (χ0v) is 23.8. The van der Waals surface area contributed by atoms with Crippen molar-refractivity contribution in [3.8, 4) is 0 Å². The summed E-state index contributed by atoms with van der Waals surface area (Å²) in [6, 6.07) is 0. The molecule has 0 amide bonds. The van der Waals surface area contributed by atoms with E-state index in [9.17, 15) is 0 Å². The Hall–Kier alpha value is 0. The van der Waals surface area contributed by atoms with E-state index >= 15 is 0 Å². The van der Waals surface area contributed by atoms with Gasteiger partial charge in [-0.2, -0.15) is 0 Å². The van der Waals surface area contributed by atoms with Gasteiger partial charge in [0.2, 0.25) is 0 Å². The van der Waals surface area contributed by atoms with Crippen LogP contribution in [0.15, 0.2) is 0 Å². The van der Waals surface area contributed by atoms with Crippen LogP contribution in [0.1, 0.15) is 75.2 Å². The quantitative estimate of drug-likeness (QED) is 0.364. The van der Waals surface area contributed by atoms with Crippen LogP contribution in [0.25, 0.3) is 0 Å². The zero-order chi connectivity index (χ0) is 23.8. The normalized spacial score (nSPS) is 110. The molecule has 16 rings (SSSR count). The first kappa shape index (κ1) is 17.0. The molecule has 0 bridgehead atoms. The zero-order valence-electron chi connectivity index (χ0n) is 23.8. The summed E-state index contributed by atoms with van der Waals surface area (Å²) in [5.74, 6) is 12.9. The molecule has 16 fully saturated rings. The van der Waals surface area contributed by atoms with Crippen molar-refractivity contribution < 1.29 is 0 Å². The lowest BCUT2D eigenvalue weighted by Gasteiger charge is -3.41. The van der Waals surface area contributed by atoms with E-state index in [0.29, 0.717) is 37.9 Å². The minimum Gasteiger partial charge on any atom is -0.0617 e. The van der Waals surface area contributed by atoms with Crippen molar-refractivity contribution in [3.63, 3.8) is 0 Å². The number of hydrogen-bond donors (Lipinski definition) is 0. The van der Waals surface area contributed by atoms with Gasteiger partial charge < -0.3 is 0 Å². The lowest BCUT2D eigenvalue weighted by Crippen LogP contribution is -3.39. The van der Waals surface area contributed by atoms with Crippen LogP contribution in [0.4, 0.5) is 0 Å². The van der Waals surface area contributed by atoms with Crippen molar-refractivity contribution in [2.45, 2.75) is 75.2 Å². The lowest BCUT2D eigenvalue weighted by molar-refractivity contribution is -0.962. The van der Waals surface area contributed by atoms with Crippen LogP contribution < -0.4 is 0 Å². The van der Waals surface area contributed by atoms with Gasteiger partial charge in [0, 0.05) is 0 Å². The van der Waals surface area contributed by atoms with Crippen molar-refractivity contribution in [1.29, 1.82) is 0 Å². The SMILES string of the molecule is CC1C2CC3C4C5C6C7C8C9CC%10C(C)C%11(C)C%109C89C%11(C)C8(C)C%10(C)C%11(C)C%12(C)C1(C)C23C4%12C5%11C6%10C789. The predicted octanol–water partition coefficient (Wildman–Crippen LogP) is 6.75. The van der Waals surface area contributed by atoms with Crippen LogP contribution in [0, 0.1) is 141 Å². The minimum absolute atomic E-state index is 0.648. The van der Waals surface area contributed by atoms with E-state index in [4.69, 9.17) is 0 Å². The fraction of sp³-hybridized carbons (Fsp3) is 1.00. The van der Waals surface area contributed by atoms with E-state index in [0.717, 1.165) is 61.6 Å². The lowest BCUT2D eigenvalue weighted by atomic mass is 8.61. The Bertz CT molecular complexity index is 1480. The molecule has 16 aliphatic carbocycles. The molecule has 0 aromatic rings. The van der Waals surface area contributed by atoms with Gasteiger partial charge in [0.15, 0.2) is 0 Å². The average molecular weight is 475 g/mol. The van der Waals surface area contributed by atoms with Crippen LogP contribution >= 0.6 is 0 Å². The third kappa shape index (κ3) is 0.483. The topological polar surface area (TPSA) is 0 Å². The van der Waals surface area contributed by atoms with Gasteiger partial charge >= 0.3 is 0 Å². The Morgan fingerprint density at radius 3 is 1.14 bits per heavy atom. The highest BCUT2D eigenvalue weighted by Crippen LogP contribution is 3.43. The van der Waals surface area contributed by atoms with Crippen LogP contribution in [-0.4, -0.2) is 0 Å². The van der Waals surface area contributed by atoms with Crippen molar-refractivity contribution in [2.75, 3.05) is 0 Å². The van der Waals surface area contributed by atoms with Crippen molar-refractivity contribution in [3.05, 3.63) is 0 Å². The number of rotatable bonds is 0. The first-order chi connectivity index (χ1) is 16.9. The van der Waals surface area contributed by atoms with Gasteiger partial charge in [0.05, 0.1) is 0 Å². The van der Waals surface area contributed by atoms with E-state index in [2.05, 4.69) is 62.3 Å². The van der Waals surface area contributed by atoms with Crippen molar-refractivity contribution in [1.82, 2.24) is 0 Å². The molecule has 7 spiro atoms. The molecule has 0 heteroatoms. The average Bonchev–Trinajstić information content (AvgIpc) is 2.81. The minimum atomic E-state index is 0.648. The molecule has 0 heterocycles. The molecular weight excluding hydrogens is 432 g/mol. The number of fused-ring (bicyclic) bond motifs is 12. The summed E-state index contributed by atoms with van der Waals surface area (Å²) in [6.45, 7) is 26.3. The molecule has 0 aromatic heterocycles. The van der Waals surface area contributed by atoms with Crippen LogP contribution in [0.3, 0.4) is 0 Å². The highest BCUT2D eigenvalue weighted by atomic mass is 15.4. The molecule has 0 aliphatic heterocycles. The highest BCUT2D eigenvalue weighted by molar-refractivity contribution is 5.86. The fourth-order valence-electron chi connectivity index (χ4n) is 29.6. The molecular formula is C36H42. The molecule has 0 N–H and O–H groups in total. The molecule has 186 valence electrons. The molecule has 22 unspecified atom stereocenters. The predicted molar refractivity (Wildman–Crippen MR) is 133 cm³/mol. The molecule has 22 atom stereocenters. The van der Waals surface area contributed by atoms with Gasteiger partial charge in [-0.15, -0.1) is 0 Å². The van der Waals surface area contributed by atoms with E-state index in [1.165, 1.54) is 41.4 Å². The molecule has 0 nitrogen and oxygen atoms in total. The summed E-state index contributed by atoms with van der Waals surface area (Å²) in [5, 5.41) is 0. The molecule has 36 heavy (non-hydrogen) atoms. The third-order valence-corrected chi connectivity index (χ3v) is 26.8. The van der Waals surface area contributed by atoms with Gasteiger partial charge in [0.1, 0.15) is 0 Å². The maximum absolute atomic E-state index is 3.03. The van der Waals surface area contributed by atoms with Gasteiger partial charge in [-0.3, -0.25) is 0 Å². The van der Waals surface area contributed by atoms with Gasteiger partial charge in [-0.05, 0) is 154 Å². The summed E-state index contributed by atoms with van der Waals surface area (Å²) in [7, 11) is 0. The third-order valence-electron chi connectivity index (χ3n) is 26.8. The monoisotopic (exact) mass is 474 g/mol. The Morgan fingerprint density at radius 2 is 0.722 bits per heavy atom. The van der Waals surface area contributed by atoms with E-state index < -0.39 is 0 Å². The second kappa shape index (κ2) is 2.86. The highest BCUT2D eigenvalue weighted by Gasteiger charge is 3.41. The van der Waals surface area contributed by atoms with Crippen LogP contribution in [-0.2, 0) is 0 Å². The Morgan fingerprint density at radius 1 is 0.389 bits per heavy atom. The standard InChI is InChI=1S/C36H42/c1-12-14-10-16-18-20-22-21-19-17-11-15-13(2)24(4)26(6)28(8)29(9)27(7)25(5)23(12,3)30(14,16)32(18,25)34(20,27)36(22,29)35(21,28)33(19,26)31(15,17)24/h12-22H,10-11H2,1-9H3. The van der Waals surface area contributed by atoms with Gasteiger partial charge in [-0.25, -0.2) is 0 Å². The Balaban J connectivity index is 1.06. The maximum atomic E-state index is 3.03. The van der Waals surface area contributed by atoms with Gasteiger partial charge in [-0.1, -0.05) is 62.3 Å². The first-order valence-electron chi connectivity index (χ1n) is 16.9. The second-order valence-corrected chi connectivity index (χ2v) is 20.9. The summed E-state index contributed by atoms with van der Waals surface area (Å²) in [6.07, 6.45) is 3.34. The molecule has 16 aliphatic rings. The summed E-state index contributed by atoms with van der Waals surface area (Å²) < 4.78 is 0. The van der Waals surface area contributed by atoms with Gasteiger partial charge in [0.25, 0.3) is 0 Å². The molecule has 16 saturated carbocycles. The molecule has 0 radical (unpaired) electrons. The maximum Gasteiger partial charge on any atom is -0.00566 e. The number of hydrogen-bond acceptors (Lipinski definition) is 0. The fourth-order valence-corrected chi connectivity index (χ4v) is 29.6. The smallest absolute Gasteiger partial charge is 0.00566 e. The van der Waals surface area contributed by atoms with Crippen LogP contribution in [0.5, 0.6) is 0 Å². The van der Waals surface area contributed by atoms with E-state index in [-0.39, 0.29) is 0 Å². The largest absolute Gasteiger partial charge is 0.0617 e. The summed E-state index contributed by atoms with van der Waals surface area (Å²) in [5.41, 5.74) is 10.7. The molecule has 0 saturated heterocycles. The van der Waals surface area contributed by atoms with E-state index in [1.54, 1.807) is 12.8 Å². The molecule has 0 aromatic carbocycles. The van der Waals surface area contributed by atoms with Crippen LogP contribution in [0.2, 0.25) is 0 Å². The summed E-state index contributed by atoms with van der Waals surface area (Å²) >= 11 is 0. The Kier molecular flexibility index (Phi) is 1.35. The Labute approximate surface area is 215 Å². The summed E-state index contributed by atoms with van der Waals surface area (Å²) in [4.78, 5) is 0. The van der Waals surface area contributed by atoms with Crippen molar-refractivity contribution in [2.24, 2.45) is 141 Å². The van der Waals surface area contributed by atoms with Crippen molar-refractivity contribution >= 4 is 0 Å². The first-order valence-corrected chi connectivity index (χ1v) is 16.9. The second-order valence-electron chi connectivity index (χ2n) is 20.9. The van der Waals surface area contributed by atoms with E-state index in [1.807, 2.05) is 0 Å².